The van der Waals surface area contributed by atoms with Gasteiger partial charge in [-0.25, -0.2) is 4.98 Å². The largest absolute Gasteiger partial charge is 0.494 e. The fourth-order valence-electron chi connectivity index (χ4n) is 1.81. The second-order valence-corrected chi connectivity index (χ2v) is 5.56. The Balaban J connectivity index is 1.65. The lowest BCUT2D eigenvalue weighted by Crippen LogP contribution is -2.12. The van der Waals surface area contributed by atoms with E-state index in [2.05, 4.69) is 10.3 Å². The van der Waals surface area contributed by atoms with Gasteiger partial charge in [0.1, 0.15) is 11.5 Å². The highest BCUT2D eigenvalue weighted by Crippen LogP contribution is 2.18. The molecule has 5 nitrogen and oxygen atoms in total. The molecule has 0 spiro atoms. The van der Waals surface area contributed by atoms with Crippen LogP contribution in [0.2, 0.25) is 0 Å². The minimum absolute atomic E-state index is 0.0374. The SMILES string of the molecule is CCOc1ccc(OCCCC(=O)Nc2nc(C)cs2)cc1. The van der Waals surface area contributed by atoms with Crippen LogP contribution in [0.3, 0.4) is 0 Å². The summed E-state index contributed by atoms with van der Waals surface area (Å²) >= 11 is 1.43. The van der Waals surface area contributed by atoms with Crippen molar-refractivity contribution in [3.63, 3.8) is 0 Å². The Kier molecular flexibility index (Phi) is 6.21. The van der Waals surface area contributed by atoms with Crippen LogP contribution in [0.15, 0.2) is 29.6 Å². The van der Waals surface area contributed by atoms with Crippen molar-refractivity contribution >= 4 is 22.4 Å². The molecular weight excluding hydrogens is 300 g/mol. The first-order valence-electron chi connectivity index (χ1n) is 7.25. The molecule has 1 N–H and O–H groups in total. The fourth-order valence-corrected chi connectivity index (χ4v) is 2.52. The number of anilines is 1. The summed E-state index contributed by atoms with van der Waals surface area (Å²) in [6.45, 7) is 4.99. The van der Waals surface area contributed by atoms with Gasteiger partial charge < -0.3 is 14.8 Å². The van der Waals surface area contributed by atoms with Gasteiger partial charge in [0, 0.05) is 11.8 Å². The zero-order valence-electron chi connectivity index (χ0n) is 12.8. The highest BCUT2D eigenvalue weighted by Gasteiger charge is 2.05. The van der Waals surface area contributed by atoms with E-state index >= 15 is 0 Å². The van der Waals surface area contributed by atoms with Crippen LogP contribution in [0, 0.1) is 6.92 Å². The number of rotatable bonds is 8. The Hall–Kier alpha value is -2.08. The molecule has 22 heavy (non-hydrogen) atoms. The summed E-state index contributed by atoms with van der Waals surface area (Å²) in [6.07, 6.45) is 1.07. The maximum atomic E-state index is 11.7. The maximum Gasteiger partial charge on any atom is 0.226 e. The van der Waals surface area contributed by atoms with E-state index in [9.17, 15) is 4.79 Å². The van der Waals surface area contributed by atoms with Crippen LogP contribution in [0.1, 0.15) is 25.5 Å². The summed E-state index contributed by atoms with van der Waals surface area (Å²) in [5, 5.41) is 5.33. The van der Waals surface area contributed by atoms with Gasteiger partial charge >= 0.3 is 0 Å². The topological polar surface area (TPSA) is 60.5 Å². The maximum absolute atomic E-state index is 11.7. The molecule has 0 aliphatic rings. The quantitative estimate of drug-likeness (QED) is 0.754. The zero-order chi connectivity index (χ0) is 15.8. The molecule has 2 aromatic rings. The molecule has 1 aromatic heterocycles. The van der Waals surface area contributed by atoms with E-state index in [0.29, 0.717) is 31.2 Å². The average molecular weight is 320 g/mol. The Labute approximate surface area is 134 Å². The number of ether oxygens (including phenoxy) is 2. The van der Waals surface area contributed by atoms with Crippen molar-refractivity contribution in [2.75, 3.05) is 18.5 Å². The normalized spacial score (nSPS) is 10.3. The summed E-state index contributed by atoms with van der Waals surface area (Å²) in [5.41, 5.74) is 0.916. The van der Waals surface area contributed by atoms with Crippen LogP contribution in [0.4, 0.5) is 5.13 Å². The first-order chi connectivity index (χ1) is 10.7. The molecule has 0 aliphatic carbocycles. The van der Waals surface area contributed by atoms with Gasteiger partial charge in [-0.1, -0.05) is 0 Å². The standard InChI is InChI=1S/C16H20N2O3S/c1-3-20-13-6-8-14(9-7-13)21-10-4-5-15(19)18-16-17-12(2)11-22-16/h6-9,11H,3-5,10H2,1-2H3,(H,17,18,19). The van der Waals surface area contributed by atoms with E-state index in [-0.39, 0.29) is 5.91 Å². The fraction of sp³-hybridized carbons (Fsp3) is 0.375. The van der Waals surface area contributed by atoms with Gasteiger partial charge in [-0.3, -0.25) is 4.79 Å². The highest BCUT2D eigenvalue weighted by molar-refractivity contribution is 7.13. The van der Waals surface area contributed by atoms with Crippen LogP contribution in [-0.4, -0.2) is 24.1 Å². The van der Waals surface area contributed by atoms with E-state index < -0.39 is 0 Å². The Morgan fingerprint density at radius 3 is 2.50 bits per heavy atom. The summed E-state index contributed by atoms with van der Waals surface area (Å²) in [4.78, 5) is 15.9. The first kappa shape index (κ1) is 16.3. The summed E-state index contributed by atoms with van der Waals surface area (Å²) < 4.78 is 11.0. The van der Waals surface area contributed by atoms with Gasteiger partial charge in [0.05, 0.1) is 18.9 Å². The molecule has 1 heterocycles. The number of carbonyl (C=O) groups is 1. The van der Waals surface area contributed by atoms with Gasteiger partial charge in [-0.15, -0.1) is 11.3 Å². The Bertz CT molecular complexity index is 596. The Morgan fingerprint density at radius 1 is 1.23 bits per heavy atom. The van der Waals surface area contributed by atoms with Gasteiger partial charge in [0.2, 0.25) is 5.91 Å². The number of hydrogen-bond acceptors (Lipinski definition) is 5. The third kappa shape index (κ3) is 5.37. The van der Waals surface area contributed by atoms with E-state index in [1.54, 1.807) is 0 Å². The van der Waals surface area contributed by atoms with Crippen molar-refractivity contribution in [2.45, 2.75) is 26.7 Å². The summed E-state index contributed by atoms with van der Waals surface area (Å²) in [6, 6.07) is 7.47. The van der Waals surface area contributed by atoms with E-state index in [0.717, 1.165) is 17.2 Å². The molecule has 0 bridgehead atoms. The smallest absolute Gasteiger partial charge is 0.226 e. The van der Waals surface area contributed by atoms with Gasteiger partial charge in [0.15, 0.2) is 5.13 Å². The number of benzene rings is 1. The summed E-state index contributed by atoms with van der Waals surface area (Å²) in [7, 11) is 0. The third-order valence-corrected chi connectivity index (χ3v) is 3.69. The van der Waals surface area contributed by atoms with Crippen molar-refractivity contribution in [3.05, 3.63) is 35.3 Å². The first-order valence-corrected chi connectivity index (χ1v) is 8.13. The van der Waals surface area contributed by atoms with Crippen LogP contribution < -0.4 is 14.8 Å². The molecule has 118 valence electrons. The lowest BCUT2D eigenvalue weighted by molar-refractivity contribution is -0.116. The predicted octanol–water partition coefficient (Wildman–Crippen LogP) is 3.65. The third-order valence-electron chi connectivity index (χ3n) is 2.82. The molecular formula is C16H20N2O3S. The minimum atomic E-state index is -0.0374. The van der Waals surface area contributed by atoms with E-state index in [4.69, 9.17) is 9.47 Å². The number of thiazole rings is 1. The van der Waals surface area contributed by atoms with Gasteiger partial charge in [0.25, 0.3) is 0 Å². The molecule has 1 aromatic carbocycles. The zero-order valence-corrected chi connectivity index (χ0v) is 13.6. The van der Waals surface area contributed by atoms with Crippen LogP contribution in [0.25, 0.3) is 0 Å². The van der Waals surface area contributed by atoms with Crippen molar-refractivity contribution in [1.82, 2.24) is 4.98 Å². The number of aryl methyl sites for hydroxylation is 1. The van der Waals surface area contributed by atoms with Crippen molar-refractivity contribution < 1.29 is 14.3 Å². The molecule has 0 aliphatic heterocycles. The van der Waals surface area contributed by atoms with E-state index in [1.807, 2.05) is 43.5 Å². The lowest BCUT2D eigenvalue weighted by atomic mass is 10.3. The number of carbonyl (C=O) groups excluding carboxylic acids is 1. The number of nitrogens with one attached hydrogen (secondary N) is 1. The molecule has 0 atom stereocenters. The van der Waals surface area contributed by atoms with Gasteiger partial charge in [-0.05, 0) is 44.5 Å². The van der Waals surface area contributed by atoms with E-state index in [1.165, 1.54) is 11.3 Å². The molecule has 1 amide bonds. The highest BCUT2D eigenvalue weighted by atomic mass is 32.1. The lowest BCUT2D eigenvalue weighted by Gasteiger charge is -2.07. The molecule has 2 rings (SSSR count). The van der Waals surface area contributed by atoms with Crippen molar-refractivity contribution in [3.8, 4) is 11.5 Å². The molecule has 0 radical (unpaired) electrons. The number of nitrogens with zero attached hydrogens (tertiary/aromatic N) is 1. The second-order valence-electron chi connectivity index (χ2n) is 4.70. The second kappa shape index (κ2) is 8.38. The number of hydrogen-bond donors (Lipinski definition) is 1. The van der Waals surface area contributed by atoms with Crippen LogP contribution in [0.5, 0.6) is 11.5 Å². The molecule has 0 fully saturated rings. The monoisotopic (exact) mass is 320 g/mol. The Morgan fingerprint density at radius 2 is 1.91 bits per heavy atom. The predicted molar refractivity (Wildman–Crippen MR) is 87.8 cm³/mol. The summed E-state index contributed by atoms with van der Waals surface area (Å²) in [5.74, 6) is 1.57. The molecule has 0 saturated heterocycles. The van der Waals surface area contributed by atoms with Crippen LogP contribution in [-0.2, 0) is 4.79 Å². The average Bonchev–Trinajstić information content (AvgIpc) is 2.91. The van der Waals surface area contributed by atoms with Crippen LogP contribution >= 0.6 is 11.3 Å². The van der Waals surface area contributed by atoms with Gasteiger partial charge in [-0.2, -0.15) is 0 Å². The number of amides is 1. The molecule has 0 saturated carbocycles. The number of aromatic nitrogens is 1. The van der Waals surface area contributed by atoms with Crippen molar-refractivity contribution in [2.24, 2.45) is 0 Å². The molecule has 0 unspecified atom stereocenters. The minimum Gasteiger partial charge on any atom is -0.494 e. The molecule has 6 heteroatoms. The van der Waals surface area contributed by atoms with Crippen molar-refractivity contribution in [1.29, 1.82) is 0 Å².